The van der Waals surface area contributed by atoms with E-state index in [1.54, 1.807) is 12.1 Å². The molecule has 2 aromatic carbocycles. The lowest BCUT2D eigenvalue weighted by atomic mass is 10.0. The first kappa shape index (κ1) is 22.9. The molecule has 8 nitrogen and oxygen atoms in total. The average Bonchev–Trinajstić information content (AvgIpc) is 3.22. The van der Waals surface area contributed by atoms with Gasteiger partial charge in [-0.1, -0.05) is 48.9 Å². The maximum Gasteiger partial charge on any atom is 0.244 e. The topological polar surface area (TPSA) is 121 Å². The Morgan fingerprint density at radius 3 is 2.52 bits per heavy atom. The third-order valence-electron chi connectivity index (χ3n) is 6.24. The van der Waals surface area contributed by atoms with E-state index in [4.69, 9.17) is 15.9 Å². The third kappa shape index (κ3) is 5.97. The highest BCUT2D eigenvalue weighted by Crippen LogP contribution is 2.25. The van der Waals surface area contributed by atoms with Crippen LogP contribution < -0.4 is 21.1 Å². The van der Waals surface area contributed by atoms with Crippen molar-refractivity contribution < 1.29 is 14.3 Å². The first-order chi connectivity index (χ1) is 16.0. The lowest BCUT2D eigenvalue weighted by Gasteiger charge is -2.25. The fourth-order valence-corrected chi connectivity index (χ4v) is 4.48. The number of carbonyl (C=O) groups excluding carboxylic acids is 2. The van der Waals surface area contributed by atoms with E-state index >= 15 is 0 Å². The number of amides is 2. The minimum absolute atomic E-state index is 0.0196. The van der Waals surface area contributed by atoms with Crippen LogP contribution in [-0.4, -0.2) is 53.8 Å². The summed E-state index contributed by atoms with van der Waals surface area (Å²) < 4.78 is 6.13. The maximum atomic E-state index is 13.1. The van der Waals surface area contributed by atoms with Crippen LogP contribution in [0.1, 0.15) is 36.8 Å². The third-order valence-corrected chi connectivity index (χ3v) is 6.24. The van der Waals surface area contributed by atoms with Gasteiger partial charge in [0.05, 0.1) is 12.1 Å². The number of nitrogens with two attached hydrogens (primary N) is 1. The van der Waals surface area contributed by atoms with Gasteiger partial charge in [0, 0.05) is 25.1 Å². The Morgan fingerprint density at radius 2 is 1.85 bits per heavy atom. The number of rotatable bonds is 7. The smallest absolute Gasteiger partial charge is 0.244 e. The van der Waals surface area contributed by atoms with Crippen molar-refractivity contribution >= 4 is 17.6 Å². The zero-order chi connectivity index (χ0) is 23.2. The molecule has 0 radical (unpaired) electrons. The standard InChI is InChI=1S/C25H31N5O3/c26-23(27)18-11-9-17(10-12-18)15-30-16-20(33-19-6-2-1-3-7-19)14-22(30)25(32)29-24(31)21-8-4-5-13-28-21/h1-3,6-7,9-12,20-22,28H,4-5,8,13-16H2,(H3,26,27)(H,29,31,32)/t20?,21-,22+/m1/s1. The largest absolute Gasteiger partial charge is 0.489 e. The number of hydrogen-bond donors (Lipinski definition) is 4. The van der Waals surface area contributed by atoms with E-state index in [-0.39, 0.29) is 29.8 Å². The van der Waals surface area contributed by atoms with Crippen LogP contribution in [-0.2, 0) is 16.1 Å². The van der Waals surface area contributed by atoms with Crippen molar-refractivity contribution in [3.8, 4) is 5.75 Å². The highest BCUT2D eigenvalue weighted by Gasteiger charge is 2.39. The zero-order valence-electron chi connectivity index (χ0n) is 18.6. The maximum absolute atomic E-state index is 13.1. The number of carbonyl (C=O) groups is 2. The molecule has 174 valence electrons. The summed E-state index contributed by atoms with van der Waals surface area (Å²) in [6, 6.07) is 16.2. The van der Waals surface area contributed by atoms with Gasteiger partial charge in [-0.05, 0) is 37.1 Å². The number of nitrogens with zero attached hydrogens (tertiary/aromatic N) is 1. The molecular weight excluding hydrogens is 418 g/mol. The van der Waals surface area contributed by atoms with E-state index in [1.807, 2.05) is 47.4 Å². The van der Waals surface area contributed by atoms with Gasteiger partial charge >= 0.3 is 0 Å². The number of piperidine rings is 1. The highest BCUT2D eigenvalue weighted by atomic mass is 16.5. The molecule has 2 heterocycles. The van der Waals surface area contributed by atoms with Crippen molar-refractivity contribution in [2.24, 2.45) is 5.73 Å². The van der Waals surface area contributed by atoms with Gasteiger partial charge in [-0.25, -0.2) is 0 Å². The summed E-state index contributed by atoms with van der Waals surface area (Å²) >= 11 is 0. The van der Waals surface area contributed by atoms with E-state index in [1.165, 1.54) is 0 Å². The Kier molecular flexibility index (Phi) is 7.36. The Bertz CT molecular complexity index is 973. The molecule has 2 amide bonds. The van der Waals surface area contributed by atoms with Crippen molar-refractivity contribution in [2.45, 2.75) is 50.4 Å². The van der Waals surface area contributed by atoms with Gasteiger partial charge in [0.1, 0.15) is 17.7 Å². The first-order valence-corrected chi connectivity index (χ1v) is 11.5. The number of nitrogens with one attached hydrogen (secondary N) is 3. The number of imide groups is 1. The second-order valence-corrected chi connectivity index (χ2v) is 8.70. The number of likely N-dealkylation sites (tertiary alicyclic amines) is 1. The number of hydrogen-bond acceptors (Lipinski definition) is 6. The summed E-state index contributed by atoms with van der Waals surface area (Å²) in [5.41, 5.74) is 7.21. The number of nitrogen functional groups attached to an aromatic ring is 1. The Balaban J connectivity index is 1.45. The first-order valence-electron chi connectivity index (χ1n) is 11.5. The molecule has 1 unspecified atom stereocenters. The number of ether oxygens (including phenoxy) is 1. The summed E-state index contributed by atoms with van der Waals surface area (Å²) in [6.45, 7) is 1.89. The molecule has 2 aliphatic rings. The highest BCUT2D eigenvalue weighted by molar-refractivity contribution is 6.00. The van der Waals surface area contributed by atoms with E-state index in [9.17, 15) is 9.59 Å². The SMILES string of the molecule is N=C(N)c1ccc(CN2CC(Oc3ccccc3)C[C@H]2C(=O)NC(=O)[C@H]2CCCCN2)cc1. The molecule has 8 heteroatoms. The molecule has 5 N–H and O–H groups in total. The minimum atomic E-state index is -0.473. The molecule has 0 bridgehead atoms. The summed E-state index contributed by atoms with van der Waals surface area (Å²) in [6.07, 6.45) is 3.11. The molecule has 0 spiro atoms. The van der Waals surface area contributed by atoms with Crippen LogP contribution >= 0.6 is 0 Å². The van der Waals surface area contributed by atoms with Gasteiger partial charge in [0.15, 0.2) is 0 Å². The molecule has 0 aromatic heterocycles. The van der Waals surface area contributed by atoms with Crippen LogP contribution in [0.2, 0.25) is 0 Å². The second-order valence-electron chi connectivity index (χ2n) is 8.70. The Hall–Kier alpha value is -3.23. The van der Waals surface area contributed by atoms with Gasteiger partial charge in [-0.2, -0.15) is 0 Å². The van der Waals surface area contributed by atoms with Crippen LogP contribution in [0, 0.1) is 5.41 Å². The van der Waals surface area contributed by atoms with Crippen LogP contribution in [0.15, 0.2) is 54.6 Å². The molecule has 2 saturated heterocycles. The average molecular weight is 450 g/mol. The van der Waals surface area contributed by atoms with Crippen molar-refractivity contribution in [3.63, 3.8) is 0 Å². The second kappa shape index (κ2) is 10.6. The van der Waals surface area contributed by atoms with Crippen LogP contribution in [0.4, 0.5) is 0 Å². The zero-order valence-corrected chi connectivity index (χ0v) is 18.6. The van der Waals surface area contributed by atoms with Crippen molar-refractivity contribution in [1.82, 2.24) is 15.5 Å². The van der Waals surface area contributed by atoms with Gasteiger partial charge in [0.2, 0.25) is 11.8 Å². The van der Waals surface area contributed by atoms with E-state index in [0.29, 0.717) is 25.1 Å². The van der Waals surface area contributed by atoms with E-state index in [2.05, 4.69) is 10.6 Å². The van der Waals surface area contributed by atoms with E-state index in [0.717, 1.165) is 37.1 Å². The Labute approximate surface area is 194 Å². The molecule has 33 heavy (non-hydrogen) atoms. The summed E-state index contributed by atoms with van der Waals surface area (Å²) in [4.78, 5) is 27.8. The lowest BCUT2D eigenvalue weighted by Crippen LogP contribution is -2.52. The van der Waals surface area contributed by atoms with Crippen molar-refractivity contribution in [2.75, 3.05) is 13.1 Å². The lowest BCUT2D eigenvalue weighted by molar-refractivity contribution is -0.134. The quantitative estimate of drug-likeness (QED) is 0.291. The molecule has 2 aromatic rings. The number of amidine groups is 1. The van der Waals surface area contributed by atoms with Crippen molar-refractivity contribution in [3.05, 3.63) is 65.7 Å². The monoisotopic (exact) mass is 449 g/mol. The number of para-hydroxylation sites is 1. The normalized spacial score (nSPS) is 23.1. The van der Waals surface area contributed by atoms with Crippen LogP contribution in [0.25, 0.3) is 0 Å². The Morgan fingerprint density at radius 1 is 1.09 bits per heavy atom. The summed E-state index contributed by atoms with van der Waals surface area (Å²) in [7, 11) is 0. The minimum Gasteiger partial charge on any atom is -0.489 e. The molecule has 3 atom stereocenters. The van der Waals surface area contributed by atoms with Gasteiger partial charge < -0.3 is 15.8 Å². The summed E-state index contributed by atoms with van der Waals surface area (Å²) in [5.74, 6) is 0.243. The molecule has 0 aliphatic carbocycles. The van der Waals surface area contributed by atoms with E-state index < -0.39 is 6.04 Å². The van der Waals surface area contributed by atoms with Gasteiger partial charge in [-0.3, -0.25) is 25.2 Å². The molecule has 2 fully saturated rings. The predicted octanol–water partition coefficient (Wildman–Crippen LogP) is 1.78. The van der Waals surface area contributed by atoms with Crippen LogP contribution in [0.3, 0.4) is 0 Å². The summed E-state index contributed by atoms with van der Waals surface area (Å²) in [5, 5.41) is 13.4. The van der Waals surface area contributed by atoms with Crippen molar-refractivity contribution in [1.29, 1.82) is 5.41 Å². The van der Waals surface area contributed by atoms with Crippen LogP contribution in [0.5, 0.6) is 5.75 Å². The molecule has 0 saturated carbocycles. The molecular formula is C25H31N5O3. The number of benzene rings is 2. The molecule has 4 rings (SSSR count). The van der Waals surface area contributed by atoms with Gasteiger partial charge in [-0.15, -0.1) is 0 Å². The fourth-order valence-electron chi connectivity index (χ4n) is 4.48. The van der Waals surface area contributed by atoms with Gasteiger partial charge in [0.25, 0.3) is 0 Å². The fraction of sp³-hybridized carbons (Fsp3) is 0.400. The predicted molar refractivity (Wildman–Crippen MR) is 126 cm³/mol. The molecule has 2 aliphatic heterocycles.